The summed E-state index contributed by atoms with van der Waals surface area (Å²) in [6.45, 7) is 2.48. The molecule has 0 radical (unpaired) electrons. The van der Waals surface area contributed by atoms with Crippen molar-refractivity contribution in [2.75, 3.05) is 6.61 Å². The molecule has 0 spiro atoms. The van der Waals surface area contributed by atoms with Gasteiger partial charge in [-0.15, -0.1) is 0 Å². The van der Waals surface area contributed by atoms with E-state index in [4.69, 9.17) is 10.5 Å². The molecule has 3 rings (SSSR count). The summed E-state index contributed by atoms with van der Waals surface area (Å²) in [7, 11) is 0. The van der Waals surface area contributed by atoms with Crippen LogP contribution in [0.3, 0.4) is 0 Å². The van der Waals surface area contributed by atoms with E-state index in [1.807, 2.05) is 31.2 Å². The van der Waals surface area contributed by atoms with Gasteiger partial charge in [-0.1, -0.05) is 24.6 Å². The standard InChI is InChI=1S/C15H20N2O2/c1-15(8-4-7-13(15)16)14(18)17-11-9-19-12-6-3-2-5-10(11)12/h2-3,5-6,11,13H,4,7-9,16H2,1H3,(H,17,18). The summed E-state index contributed by atoms with van der Waals surface area (Å²) < 4.78 is 5.59. The van der Waals surface area contributed by atoms with E-state index in [9.17, 15) is 4.79 Å². The summed E-state index contributed by atoms with van der Waals surface area (Å²) in [5.41, 5.74) is 6.72. The van der Waals surface area contributed by atoms with E-state index in [0.29, 0.717) is 6.61 Å². The van der Waals surface area contributed by atoms with Gasteiger partial charge in [-0.2, -0.15) is 0 Å². The van der Waals surface area contributed by atoms with Crippen LogP contribution in [0.4, 0.5) is 0 Å². The topological polar surface area (TPSA) is 64.3 Å². The lowest BCUT2D eigenvalue weighted by Crippen LogP contribution is -2.48. The molecule has 1 amide bonds. The molecule has 1 aromatic carbocycles. The number of benzene rings is 1. The summed E-state index contributed by atoms with van der Waals surface area (Å²) in [5.74, 6) is 0.927. The maximum absolute atomic E-state index is 12.5. The number of carbonyl (C=O) groups excluding carboxylic acids is 1. The van der Waals surface area contributed by atoms with Gasteiger partial charge in [0, 0.05) is 11.6 Å². The molecule has 2 aliphatic rings. The average molecular weight is 260 g/mol. The summed E-state index contributed by atoms with van der Waals surface area (Å²) in [4.78, 5) is 12.5. The first kappa shape index (κ1) is 12.5. The van der Waals surface area contributed by atoms with Gasteiger partial charge in [-0.05, 0) is 25.8 Å². The number of rotatable bonds is 2. The maximum Gasteiger partial charge on any atom is 0.228 e. The van der Waals surface area contributed by atoms with Crippen LogP contribution in [-0.4, -0.2) is 18.6 Å². The fraction of sp³-hybridized carbons (Fsp3) is 0.533. The van der Waals surface area contributed by atoms with Crippen molar-refractivity contribution in [3.63, 3.8) is 0 Å². The number of amides is 1. The zero-order valence-corrected chi connectivity index (χ0v) is 11.2. The molecule has 1 saturated carbocycles. The predicted molar refractivity (Wildman–Crippen MR) is 72.8 cm³/mol. The van der Waals surface area contributed by atoms with Crippen molar-refractivity contribution in [2.45, 2.75) is 38.3 Å². The van der Waals surface area contributed by atoms with Gasteiger partial charge in [0.15, 0.2) is 0 Å². The highest BCUT2D eigenvalue weighted by Gasteiger charge is 2.44. The molecule has 3 atom stereocenters. The Balaban J connectivity index is 1.75. The van der Waals surface area contributed by atoms with E-state index in [1.165, 1.54) is 0 Å². The van der Waals surface area contributed by atoms with E-state index in [1.54, 1.807) is 0 Å². The Bertz CT molecular complexity index is 503. The lowest BCUT2D eigenvalue weighted by molar-refractivity contribution is -0.131. The van der Waals surface area contributed by atoms with Crippen LogP contribution in [0.5, 0.6) is 5.75 Å². The van der Waals surface area contributed by atoms with Crippen LogP contribution in [0.2, 0.25) is 0 Å². The third-order valence-corrected chi connectivity index (χ3v) is 4.55. The average Bonchev–Trinajstić information content (AvgIpc) is 2.96. The monoisotopic (exact) mass is 260 g/mol. The van der Waals surface area contributed by atoms with Crippen LogP contribution < -0.4 is 15.8 Å². The first-order chi connectivity index (χ1) is 9.11. The highest BCUT2D eigenvalue weighted by molar-refractivity contribution is 5.84. The van der Waals surface area contributed by atoms with Gasteiger partial charge in [0.1, 0.15) is 12.4 Å². The quantitative estimate of drug-likeness (QED) is 0.851. The molecule has 0 saturated heterocycles. The second kappa shape index (κ2) is 4.53. The van der Waals surface area contributed by atoms with Crippen molar-refractivity contribution >= 4 is 5.91 Å². The first-order valence-electron chi connectivity index (χ1n) is 6.89. The van der Waals surface area contributed by atoms with Crippen molar-refractivity contribution in [2.24, 2.45) is 11.1 Å². The number of nitrogens with one attached hydrogen (secondary N) is 1. The smallest absolute Gasteiger partial charge is 0.228 e. The van der Waals surface area contributed by atoms with Gasteiger partial charge in [0.25, 0.3) is 0 Å². The number of fused-ring (bicyclic) bond motifs is 1. The van der Waals surface area contributed by atoms with Crippen LogP contribution in [0.25, 0.3) is 0 Å². The molecule has 1 fully saturated rings. The van der Waals surface area contributed by atoms with Crippen LogP contribution in [0, 0.1) is 5.41 Å². The minimum atomic E-state index is -0.433. The molecule has 19 heavy (non-hydrogen) atoms. The number of para-hydroxylation sites is 1. The van der Waals surface area contributed by atoms with Crippen molar-refractivity contribution in [1.29, 1.82) is 0 Å². The van der Waals surface area contributed by atoms with Gasteiger partial charge in [-0.25, -0.2) is 0 Å². The molecule has 4 heteroatoms. The Hall–Kier alpha value is -1.55. The number of nitrogens with two attached hydrogens (primary N) is 1. The fourth-order valence-corrected chi connectivity index (χ4v) is 3.08. The molecule has 1 aliphatic heterocycles. The highest BCUT2D eigenvalue weighted by Crippen LogP contribution is 2.38. The van der Waals surface area contributed by atoms with Crippen LogP contribution in [0.1, 0.15) is 37.8 Å². The lowest BCUT2D eigenvalue weighted by Gasteiger charge is -2.29. The Labute approximate surface area is 113 Å². The van der Waals surface area contributed by atoms with Gasteiger partial charge in [0.2, 0.25) is 5.91 Å². The molecule has 0 aromatic heterocycles. The van der Waals surface area contributed by atoms with E-state index in [-0.39, 0.29) is 18.0 Å². The second-order valence-corrected chi connectivity index (χ2v) is 5.79. The second-order valence-electron chi connectivity index (χ2n) is 5.79. The number of carbonyl (C=O) groups is 1. The van der Waals surface area contributed by atoms with Gasteiger partial charge in [-0.3, -0.25) is 4.79 Å². The fourth-order valence-electron chi connectivity index (χ4n) is 3.08. The van der Waals surface area contributed by atoms with E-state index >= 15 is 0 Å². The molecule has 102 valence electrons. The summed E-state index contributed by atoms with van der Waals surface area (Å²) in [6.07, 6.45) is 2.83. The van der Waals surface area contributed by atoms with Crippen LogP contribution in [0.15, 0.2) is 24.3 Å². The minimum Gasteiger partial charge on any atom is -0.491 e. The predicted octanol–water partition coefficient (Wildman–Crippen LogP) is 1.75. The molecule has 0 bridgehead atoms. The third-order valence-electron chi connectivity index (χ3n) is 4.55. The summed E-state index contributed by atoms with van der Waals surface area (Å²) in [6, 6.07) is 7.76. The summed E-state index contributed by atoms with van der Waals surface area (Å²) in [5, 5.41) is 3.10. The Kier molecular flexibility index (Phi) is 2.97. The van der Waals surface area contributed by atoms with Crippen molar-refractivity contribution in [3.05, 3.63) is 29.8 Å². The van der Waals surface area contributed by atoms with E-state index in [2.05, 4.69) is 5.32 Å². The van der Waals surface area contributed by atoms with Crippen molar-refractivity contribution in [1.82, 2.24) is 5.32 Å². The van der Waals surface area contributed by atoms with Crippen molar-refractivity contribution in [3.8, 4) is 5.75 Å². The molecular formula is C15H20N2O2. The molecule has 1 heterocycles. The molecule has 3 unspecified atom stereocenters. The lowest BCUT2D eigenvalue weighted by atomic mass is 9.84. The zero-order valence-electron chi connectivity index (χ0n) is 11.2. The van der Waals surface area contributed by atoms with E-state index in [0.717, 1.165) is 30.6 Å². The maximum atomic E-state index is 12.5. The molecule has 1 aliphatic carbocycles. The SMILES string of the molecule is CC1(C(=O)NC2COc3ccccc32)CCCC1N. The molecule has 1 aromatic rings. The van der Waals surface area contributed by atoms with Crippen molar-refractivity contribution < 1.29 is 9.53 Å². The normalized spacial score (nSPS) is 32.7. The van der Waals surface area contributed by atoms with Gasteiger partial charge in [0.05, 0.1) is 11.5 Å². The molecule has 4 nitrogen and oxygen atoms in total. The zero-order chi connectivity index (χ0) is 13.5. The first-order valence-corrected chi connectivity index (χ1v) is 6.89. The highest BCUT2D eigenvalue weighted by atomic mass is 16.5. The largest absolute Gasteiger partial charge is 0.491 e. The Morgan fingerprint density at radius 2 is 2.26 bits per heavy atom. The summed E-state index contributed by atoms with van der Waals surface area (Å²) >= 11 is 0. The van der Waals surface area contributed by atoms with Gasteiger partial charge < -0.3 is 15.8 Å². The number of hydrogen-bond acceptors (Lipinski definition) is 3. The number of hydrogen-bond donors (Lipinski definition) is 2. The minimum absolute atomic E-state index is 0.0370. The van der Waals surface area contributed by atoms with Gasteiger partial charge >= 0.3 is 0 Å². The Morgan fingerprint density at radius 3 is 3.00 bits per heavy atom. The number of ether oxygens (including phenoxy) is 1. The molecule has 3 N–H and O–H groups in total. The molecular weight excluding hydrogens is 240 g/mol. The van der Waals surface area contributed by atoms with E-state index < -0.39 is 5.41 Å². The third kappa shape index (κ3) is 2.00. The Morgan fingerprint density at radius 1 is 1.47 bits per heavy atom. The van der Waals surface area contributed by atoms with Crippen LogP contribution >= 0.6 is 0 Å². The van der Waals surface area contributed by atoms with Crippen LogP contribution in [-0.2, 0) is 4.79 Å².